The Bertz CT molecular complexity index is 508. The summed E-state index contributed by atoms with van der Waals surface area (Å²) in [7, 11) is 2.02. The highest BCUT2D eigenvalue weighted by Gasteiger charge is 2.09. The molecule has 0 spiro atoms. The van der Waals surface area contributed by atoms with Crippen molar-refractivity contribution in [2.24, 2.45) is 5.73 Å². The molecule has 0 aliphatic rings. The van der Waals surface area contributed by atoms with Crippen LogP contribution in [0.3, 0.4) is 0 Å². The van der Waals surface area contributed by atoms with Gasteiger partial charge < -0.3 is 10.6 Å². The Balaban J connectivity index is 2.24. The molecule has 1 heterocycles. The van der Waals surface area contributed by atoms with E-state index in [4.69, 9.17) is 18.0 Å². The molecule has 2 rings (SSSR count). The van der Waals surface area contributed by atoms with Gasteiger partial charge in [-0.05, 0) is 12.1 Å². The summed E-state index contributed by atoms with van der Waals surface area (Å²) in [5.41, 5.74) is 9.52. The average molecular weight is 263 g/mol. The maximum atomic E-state index is 5.72. The van der Waals surface area contributed by atoms with Gasteiger partial charge in [0.1, 0.15) is 4.99 Å². The molecular weight excluding hydrogens is 250 g/mol. The second-order valence-electron chi connectivity index (χ2n) is 3.71. The summed E-state index contributed by atoms with van der Waals surface area (Å²) < 4.78 is 0. The molecule has 3 nitrogen and oxygen atoms in total. The van der Waals surface area contributed by atoms with Crippen molar-refractivity contribution in [3.63, 3.8) is 0 Å². The summed E-state index contributed by atoms with van der Waals surface area (Å²) in [5, 5.41) is 0. The summed E-state index contributed by atoms with van der Waals surface area (Å²) in [6, 6.07) is 7.90. The minimum atomic E-state index is 0.428. The summed E-state index contributed by atoms with van der Waals surface area (Å²) >= 11 is 6.70. The number of nitrogens with zero attached hydrogens (tertiary/aromatic N) is 2. The molecule has 0 saturated carbocycles. The highest BCUT2D eigenvalue weighted by atomic mass is 32.1. The molecule has 0 amide bonds. The van der Waals surface area contributed by atoms with Gasteiger partial charge in [0.25, 0.3) is 0 Å². The lowest BCUT2D eigenvalue weighted by Crippen LogP contribution is -2.21. The predicted molar refractivity (Wildman–Crippen MR) is 76.6 cm³/mol. The first kappa shape index (κ1) is 12.0. The quantitative estimate of drug-likeness (QED) is 0.860. The molecule has 0 fully saturated rings. The van der Waals surface area contributed by atoms with E-state index in [2.05, 4.69) is 9.88 Å². The number of rotatable bonds is 4. The van der Waals surface area contributed by atoms with Crippen molar-refractivity contribution < 1.29 is 0 Å². The molecule has 0 aliphatic heterocycles. The van der Waals surface area contributed by atoms with Crippen LogP contribution in [0.1, 0.15) is 10.4 Å². The van der Waals surface area contributed by atoms with Gasteiger partial charge in [0, 0.05) is 29.4 Å². The van der Waals surface area contributed by atoms with Crippen LogP contribution < -0.4 is 10.6 Å². The van der Waals surface area contributed by atoms with Crippen LogP contribution >= 0.6 is 23.6 Å². The van der Waals surface area contributed by atoms with Crippen molar-refractivity contribution in [2.45, 2.75) is 6.54 Å². The fourth-order valence-corrected chi connectivity index (χ4v) is 2.47. The van der Waals surface area contributed by atoms with Crippen LogP contribution in [-0.4, -0.2) is 17.0 Å². The first-order valence-electron chi connectivity index (χ1n) is 5.16. The van der Waals surface area contributed by atoms with Crippen LogP contribution in [0.15, 0.2) is 36.0 Å². The van der Waals surface area contributed by atoms with Crippen molar-refractivity contribution in [2.75, 3.05) is 11.9 Å². The van der Waals surface area contributed by atoms with Crippen LogP contribution in [0, 0.1) is 0 Å². The normalized spacial score (nSPS) is 10.2. The third-order valence-corrected chi connectivity index (χ3v) is 3.44. The summed E-state index contributed by atoms with van der Waals surface area (Å²) in [6.07, 6.45) is 1.88. The lowest BCUT2D eigenvalue weighted by atomic mass is 10.1. The molecule has 0 radical (unpaired) electrons. The third kappa shape index (κ3) is 2.81. The molecule has 0 atom stereocenters. The average Bonchev–Trinajstić information content (AvgIpc) is 2.81. The van der Waals surface area contributed by atoms with Crippen molar-refractivity contribution in [1.29, 1.82) is 0 Å². The maximum absolute atomic E-state index is 5.72. The van der Waals surface area contributed by atoms with Crippen molar-refractivity contribution in [1.82, 2.24) is 4.98 Å². The van der Waals surface area contributed by atoms with E-state index in [0.29, 0.717) is 4.99 Å². The Morgan fingerprint density at radius 1 is 1.47 bits per heavy atom. The van der Waals surface area contributed by atoms with Gasteiger partial charge in [0.2, 0.25) is 0 Å². The van der Waals surface area contributed by atoms with E-state index in [1.54, 1.807) is 11.3 Å². The molecule has 0 bridgehead atoms. The molecule has 0 saturated heterocycles. The lowest BCUT2D eigenvalue weighted by molar-refractivity contribution is 0.935. The Morgan fingerprint density at radius 2 is 2.24 bits per heavy atom. The number of para-hydroxylation sites is 1. The van der Waals surface area contributed by atoms with E-state index in [0.717, 1.165) is 17.8 Å². The largest absolute Gasteiger partial charge is 0.389 e. The molecule has 17 heavy (non-hydrogen) atoms. The topological polar surface area (TPSA) is 42.2 Å². The number of thiocarbonyl (C=S) groups is 1. The van der Waals surface area contributed by atoms with E-state index >= 15 is 0 Å². The Kier molecular flexibility index (Phi) is 3.71. The zero-order valence-electron chi connectivity index (χ0n) is 9.46. The molecule has 2 N–H and O–H groups in total. The zero-order chi connectivity index (χ0) is 12.3. The lowest BCUT2D eigenvalue weighted by Gasteiger charge is -2.21. The van der Waals surface area contributed by atoms with Gasteiger partial charge in [-0.2, -0.15) is 0 Å². The fourth-order valence-electron chi connectivity index (χ4n) is 1.65. The molecule has 0 unspecified atom stereocenters. The van der Waals surface area contributed by atoms with Gasteiger partial charge in [-0.15, -0.1) is 11.3 Å². The second kappa shape index (κ2) is 5.25. The van der Waals surface area contributed by atoms with Gasteiger partial charge >= 0.3 is 0 Å². The minimum Gasteiger partial charge on any atom is -0.389 e. The van der Waals surface area contributed by atoms with Crippen molar-refractivity contribution in [3.05, 3.63) is 46.4 Å². The number of aromatic nitrogens is 1. The van der Waals surface area contributed by atoms with Crippen LogP contribution in [0.5, 0.6) is 0 Å². The third-order valence-electron chi connectivity index (χ3n) is 2.46. The molecular formula is C12H13N3S2. The fraction of sp³-hybridized carbons (Fsp3) is 0.167. The first-order chi connectivity index (χ1) is 8.18. The molecule has 5 heteroatoms. The van der Waals surface area contributed by atoms with Gasteiger partial charge in [-0.25, -0.2) is 0 Å². The van der Waals surface area contributed by atoms with E-state index in [9.17, 15) is 0 Å². The van der Waals surface area contributed by atoms with Gasteiger partial charge in [0.05, 0.1) is 12.1 Å². The Hall–Kier alpha value is -1.46. The van der Waals surface area contributed by atoms with Crippen LogP contribution in [0.2, 0.25) is 0 Å². The number of hydrogen-bond donors (Lipinski definition) is 1. The Labute approximate surface area is 110 Å². The van der Waals surface area contributed by atoms with Crippen LogP contribution in [0.4, 0.5) is 5.69 Å². The van der Waals surface area contributed by atoms with Crippen LogP contribution in [0.25, 0.3) is 0 Å². The van der Waals surface area contributed by atoms with E-state index in [-0.39, 0.29) is 0 Å². The van der Waals surface area contributed by atoms with Crippen molar-refractivity contribution in [3.8, 4) is 0 Å². The Morgan fingerprint density at radius 3 is 2.88 bits per heavy atom. The number of thiazole rings is 1. The van der Waals surface area contributed by atoms with Gasteiger partial charge in [-0.3, -0.25) is 4.98 Å². The minimum absolute atomic E-state index is 0.428. The molecule has 0 aliphatic carbocycles. The number of hydrogen-bond acceptors (Lipinski definition) is 4. The highest BCUT2D eigenvalue weighted by Crippen LogP contribution is 2.21. The van der Waals surface area contributed by atoms with Crippen molar-refractivity contribution >= 4 is 34.2 Å². The molecule has 2 aromatic rings. The number of nitrogens with two attached hydrogens (primary N) is 1. The molecule has 1 aromatic carbocycles. The monoisotopic (exact) mass is 263 g/mol. The predicted octanol–water partition coefficient (Wildman–Crippen LogP) is 2.41. The summed E-state index contributed by atoms with van der Waals surface area (Å²) in [6.45, 7) is 0.810. The smallest absolute Gasteiger partial charge is 0.106 e. The SMILES string of the molecule is CN(Cc1cncs1)c1ccccc1C(N)=S. The zero-order valence-corrected chi connectivity index (χ0v) is 11.1. The van der Waals surface area contributed by atoms with E-state index in [1.807, 2.05) is 43.0 Å². The number of benzene rings is 1. The second-order valence-corrected chi connectivity index (χ2v) is 5.12. The first-order valence-corrected chi connectivity index (χ1v) is 6.44. The van der Waals surface area contributed by atoms with Gasteiger partial charge in [-0.1, -0.05) is 24.4 Å². The van der Waals surface area contributed by atoms with Crippen LogP contribution in [-0.2, 0) is 6.54 Å². The highest BCUT2D eigenvalue weighted by molar-refractivity contribution is 7.80. The van der Waals surface area contributed by atoms with E-state index < -0.39 is 0 Å². The standard InChI is InChI=1S/C12H13N3S2/c1-15(7-9-6-14-8-17-9)11-5-3-2-4-10(11)12(13)16/h2-6,8H,7H2,1H3,(H2,13,16). The van der Waals surface area contributed by atoms with Gasteiger partial charge in [0.15, 0.2) is 0 Å². The number of anilines is 1. The maximum Gasteiger partial charge on any atom is 0.106 e. The molecule has 1 aromatic heterocycles. The molecule has 88 valence electrons. The van der Waals surface area contributed by atoms with E-state index in [1.165, 1.54) is 4.88 Å². The summed E-state index contributed by atoms with van der Waals surface area (Å²) in [5.74, 6) is 0. The summed E-state index contributed by atoms with van der Waals surface area (Å²) in [4.78, 5) is 7.84.